The molecule has 0 spiro atoms. The van der Waals surface area contributed by atoms with Gasteiger partial charge in [-0.25, -0.2) is 0 Å². The maximum Gasteiger partial charge on any atom is 0.0605 e. The van der Waals surface area contributed by atoms with Gasteiger partial charge in [-0.05, 0) is 76.3 Å². The molecule has 1 heterocycles. The van der Waals surface area contributed by atoms with Crippen LogP contribution in [0.1, 0.15) is 182 Å². The van der Waals surface area contributed by atoms with Crippen LogP contribution >= 0.6 is 0 Å². The van der Waals surface area contributed by atoms with Gasteiger partial charge in [0.1, 0.15) is 0 Å². The van der Waals surface area contributed by atoms with E-state index in [1.165, 1.54) is 174 Å². The first-order valence-electron chi connectivity index (χ1n) is 18.8. The highest BCUT2D eigenvalue weighted by molar-refractivity contribution is 4.89. The monoisotopic (exact) mass is 563 g/mol. The zero-order chi connectivity index (χ0) is 28.7. The molecule has 2 rings (SSSR count). The van der Waals surface area contributed by atoms with E-state index >= 15 is 0 Å². The van der Waals surface area contributed by atoms with Crippen molar-refractivity contribution in [3.8, 4) is 0 Å². The average Bonchev–Trinajstić information content (AvgIpc) is 2.94. The third-order valence-corrected chi connectivity index (χ3v) is 10.1. The molecule has 2 aliphatic rings. The van der Waals surface area contributed by atoms with E-state index in [-0.39, 0.29) is 0 Å². The minimum Gasteiger partial charge on any atom is -0.378 e. The Kier molecular flexibility index (Phi) is 21.9. The average molecular weight is 563 g/mol. The van der Waals surface area contributed by atoms with Gasteiger partial charge < -0.3 is 15.0 Å². The van der Waals surface area contributed by atoms with Crippen LogP contribution in [0.4, 0.5) is 0 Å². The molecule has 238 valence electrons. The van der Waals surface area contributed by atoms with E-state index in [9.17, 15) is 0 Å². The van der Waals surface area contributed by atoms with Gasteiger partial charge in [0, 0.05) is 25.2 Å². The maximum absolute atomic E-state index is 6.46. The van der Waals surface area contributed by atoms with Crippen molar-refractivity contribution >= 4 is 0 Å². The van der Waals surface area contributed by atoms with E-state index in [4.69, 9.17) is 4.74 Å². The molecule has 1 saturated carbocycles. The summed E-state index contributed by atoms with van der Waals surface area (Å²) in [4.78, 5) is 2.81. The van der Waals surface area contributed by atoms with Crippen LogP contribution in [0.2, 0.25) is 0 Å². The largest absolute Gasteiger partial charge is 0.378 e. The third kappa shape index (κ3) is 17.1. The Bertz CT molecular complexity index is 528. The number of likely N-dealkylation sites (tertiary alicyclic amines) is 1. The van der Waals surface area contributed by atoms with Crippen LogP contribution in [0.5, 0.6) is 0 Å². The zero-order valence-corrected chi connectivity index (χ0v) is 28.0. The summed E-state index contributed by atoms with van der Waals surface area (Å²) < 4.78 is 6.46. The van der Waals surface area contributed by atoms with Gasteiger partial charge in [0.15, 0.2) is 0 Å². The number of ether oxygens (including phenoxy) is 1. The maximum atomic E-state index is 6.46. The first-order chi connectivity index (χ1) is 19.7. The fourth-order valence-electron chi connectivity index (χ4n) is 7.14. The van der Waals surface area contributed by atoms with Gasteiger partial charge in [0.2, 0.25) is 0 Å². The first kappa shape index (κ1) is 36.1. The molecule has 2 fully saturated rings. The highest BCUT2D eigenvalue weighted by Crippen LogP contribution is 2.28. The number of hydrogen-bond acceptors (Lipinski definition) is 3. The SMILES string of the molecule is CCCCCCCC(CCCCC)NC1CC(OCC2CCN(CC(CCCCCC)CCCCCC)CC2)C1. The molecule has 3 heteroatoms. The Hall–Kier alpha value is -0.120. The summed E-state index contributed by atoms with van der Waals surface area (Å²) in [6, 6.07) is 1.45. The highest BCUT2D eigenvalue weighted by atomic mass is 16.5. The van der Waals surface area contributed by atoms with Crippen LogP contribution in [0.15, 0.2) is 0 Å². The van der Waals surface area contributed by atoms with Gasteiger partial charge in [0.25, 0.3) is 0 Å². The summed E-state index contributed by atoms with van der Waals surface area (Å²) in [5, 5.41) is 4.05. The molecule has 0 aromatic carbocycles. The van der Waals surface area contributed by atoms with Crippen molar-refractivity contribution in [1.82, 2.24) is 10.2 Å². The van der Waals surface area contributed by atoms with Crippen LogP contribution < -0.4 is 5.32 Å². The van der Waals surface area contributed by atoms with Crippen LogP contribution in [0.25, 0.3) is 0 Å². The minimum absolute atomic E-state index is 0.520. The summed E-state index contributed by atoms with van der Waals surface area (Å²) in [7, 11) is 0. The van der Waals surface area contributed by atoms with E-state index in [1.54, 1.807) is 0 Å². The van der Waals surface area contributed by atoms with Crippen LogP contribution in [0, 0.1) is 11.8 Å². The van der Waals surface area contributed by atoms with E-state index in [0.717, 1.165) is 24.5 Å². The van der Waals surface area contributed by atoms with E-state index < -0.39 is 0 Å². The molecular formula is C37H74N2O. The van der Waals surface area contributed by atoms with Crippen molar-refractivity contribution in [2.75, 3.05) is 26.2 Å². The fourth-order valence-corrected chi connectivity index (χ4v) is 7.14. The fraction of sp³-hybridized carbons (Fsp3) is 1.00. The molecule has 1 N–H and O–H groups in total. The Morgan fingerprint density at radius 3 is 1.68 bits per heavy atom. The standard InChI is InChI=1S/C37H74N2O/c1-5-9-13-16-20-24-35(23-17-12-8-4)38-36-29-37(30-36)40-32-34-25-27-39(28-26-34)31-33(21-18-14-10-6-2)22-19-15-11-7-3/h33-38H,5-32H2,1-4H3. The lowest BCUT2D eigenvalue weighted by Crippen LogP contribution is -2.50. The predicted octanol–water partition coefficient (Wildman–Crippen LogP) is 10.7. The van der Waals surface area contributed by atoms with Crippen molar-refractivity contribution in [3.63, 3.8) is 0 Å². The normalized spacial score (nSPS) is 21.2. The summed E-state index contributed by atoms with van der Waals surface area (Å²) in [5.41, 5.74) is 0. The summed E-state index contributed by atoms with van der Waals surface area (Å²) in [6.45, 7) is 14.3. The zero-order valence-electron chi connectivity index (χ0n) is 28.0. The van der Waals surface area contributed by atoms with Gasteiger partial charge in [0.05, 0.1) is 6.10 Å². The van der Waals surface area contributed by atoms with Crippen molar-refractivity contribution in [3.05, 3.63) is 0 Å². The number of hydrogen-bond donors (Lipinski definition) is 1. The lowest BCUT2D eigenvalue weighted by atomic mass is 9.87. The Morgan fingerprint density at radius 2 is 1.10 bits per heavy atom. The molecule has 0 radical (unpaired) electrons. The number of nitrogens with zero attached hydrogens (tertiary/aromatic N) is 1. The lowest BCUT2D eigenvalue weighted by Gasteiger charge is -2.40. The summed E-state index contributed by atoms with van der Waals surface area (Å²) in [5.74, 6) is 1.73. The molecule has 0 aromatic heterocycles. The Labute approximate surface area is 252 Å². The molecule has 1 aliphatic carbocycles. The number of rotatable bonds is 27. The quantitative estimate of drug-likeness (QED) is 0.101. The molecule has 0 aromatic rings. The number of piperidine rings is 1. The molecule has 1 unspecified atom stereocenters. The second-order valence-electron chi connectivity index (χ2n) is 14.0. The molecule has 0 bridgehead atoms. The molecule has 40 heavy (non-hydrogen) atoms. The summed E-state index contributed by atoms with van der Waals surface area (Å²) in [6.07, 6.45) is 33.9. The second-order valence-corrected chi connectivity index (χ2v) is 14.0. The topological polar surface area (TPSA) is 24.5 Å². The third-order valence-electron chi connectivity index (χ3n) is 10.1. The molecule has 1 atom stereocenters. The lowest BCUT2D eigenvalue weighted by molar-refractivity contribution is -0.0430. The van der Waals surface area contributed by atoms with Crippen LogP contribution in [-0.2, 0) is 4.74 Å². The molecule has 1 saturated heterocycles. The van der Waals surface area contributed by atoms with Gasteiger partial charge in [-0.2, -0.15) is 0 Å². The van der Waals surface area contributed by atoms with Gasteiger partial charge in [-0.15, -0.1) is 0 Å². The van der Waals surface area contributed by atoms with Gasteiger partial charge in [-0.3, -0.25) is 0 Å². The van der Waals surface area contributed by atoms with E-state index in [0.29, 0.717) is 12.1 Å². The predicted molar refractivity (Wildman–Crippen MR) is 177 cm³/mol. The smallest absolute Gasteiger partial charge is 0.0605 e. The van der Waals surface area contributed by atoms with Crippen LogP contribution in [-0.4, -0.2) is 49.3 Å². The van der Waals surface area contributed by atoms with E-state index in [2.05, 4.69) is 37.9 Å². The number of nitrogens with one attached hydrogen (secondary N) is 1. The first-order valence-corrected chi connectivity index (χ1v) is 18.8. The number of unbranched alkanes of at least 4 members (excludes halogenated alkanes) is 12. The second kappa shape index (κ2) is 24.3. The van der Waals surface area contributed by atoms with Crippen molar-refractivity contribution in [2.24, 2.45) is 11.8 Å². The summed E-state index contributed by atoms with van der Waals surface area (Å²) >= 11 is 0. The van der Waals surface area contributed by atoms with Gasteiger partial charge in [-0.1, -0.05) is 130 Å². The van der Waals surface area contributed by atoms with Crippen molar-refractivity contribution in [2.45, 2.75) is 200 Å². The minimum atomic E-state index is 0.520. The Balaban J connectivity index is 1.59. The Morgan fingerprint density at radius 1 is 0.625 bits per heavy atom. The van der Waals surface area contributed by atoms with Crippen molar-refractivity contribution < 1.29 is 4.74 Å². The highest BCUT2D eigenvalue weighted by Gasteiger charge is 2.32. The van der Waals surface area contributed by atoms with Gasteiger partial charge >= 0.3 is 0 Å². The van der Waals surface area contributed by atoms with Crippen molar-refractivity contribution in [1.29, 1.82) is 0 Å². The molecule has 0 amide bonds. The van der Waals surface area contributed by atoms with Crippen LogP contribution in [0.3, 0.4) is 0 Å². The molecule has 1 aliphatic heterocycles. The molecular weight excluding hydrogens is 488 g/mol. The van der Waals surface area contributed by atoms with E-state index in [1.807, 2.05) is 0 Å². The molecule has 3 nitrogen and oxygen atoms in total.